The third kappa shape index (κ3) is 3.52. The fraction of sp³-hybridized carbons (Fsp3) is 0.250. The highest BCUT2D eigenvalue weighted by molar-refractivity contribution is 5.85. The molecular formula is C16H18ClN3O. The van der Waals surface area contributed by atoms with E-state index in [4.69, 9.17) is 4.74 Å². The highest BCUT2D eigenvalue weighted by atomic mass is 35.5. The van der Waals surface area contributed by atoms with Crippen LogP contribution in [0.15, 0.2) is 48.5 Å². The summed E-state index contributed by atoms with van der Waals surface area (Å²) in [6.45, 7) is 3.55. The minimum atomic E-state index is 0. The van der Waals surface area contributed by atoms with Crippen molar-refractivity contribution in [2.45, 2.75) is 19.9 Å². The van der Waals surface area contributed by atoms with Gasteiger partial charge in [0, 0.05) is 13.0 Å². The second kappa shape index (κ2) is 7.09. The van der Waals surface area contributed by atoms with Crippen molar-refractivity contribution >= 4 is 23.4 Å². The Hall–Kier alpha value is -2.07. The number of halogens is 1. The summed E-state index contributed by atoms with van der Waals surface area (Å²) in [6, 6.07) is 16.1. The Balaban J connectivity index is 0.00000161. The van der Waals surface area contributed by atoms with E-state index in [2.05, 4.69) is 23.3 Å². The monoisotopic (exact) mass is 303 g/mol. The molecule has 1 heterocycles. The normalized spacial score (nSPS) is 10.3. The lowest BCUT2D eigenvalue weighted by Gasteiger charge is -2.08. The van der Waals surface area contributed by atoms with Gasteiger partial charge in [-0.1, -0.05) is 35.5 Å². The average Bonchev–Trinajstić information content (AvgIpc) is 2.89. The summed E-state index contributed by atoms with van der Waals surface area (Å²) in [5.74, 6) is 0.955. The number of nitrogens with zero attached hydrogens (tertiary/aromatic N) is 3. The smallest absolute Gasteiger partial charge is 0.122 e. The van der Waals surface area contributed by atoms with E-state index in [1.165, 1.54) is 5.56 Å². The quantitative estimate of drug-likeness (QED) is 0.676. The summed E-state index contributed by atoms with van der Waals surface area (Å²) in [4.78, 5) is 0. The number of para-hydroxylation sites is 2. The molecule has 0 saturated heterocycles. The van der Waals surface area contributed by atoms with Gasteiger partial charge >= 0.3 is 0 Å². The Morgan fingerprint density at radius 1 is 1.05 bits per heavy atom. The first kappa shape index (κ1) is 15.3. The van der Waals surface area contributed by atoms with Crippen LogP contribution in [-0.4, -0.2) is 21.6 Å². The molecule has 2 aromatic carbocycles. The maximum absolute atomic E-state index is 5.79. The topological polar surface area (TPSA) is 39.9 Å². The van der Waals surface area contributed by atoms with Crippen LogP contribution in [0, 0.1) is 6.92 Å². The summed E-state index contributed by atoms with van der Waals surface area (Å²) < 4.78 is 7.71. The van der Waals surface area contributed by atoms with Crippen molar-refractivity contribution in [2.24, 2.45) is 0 Å². The first-order chi connectivity index (χ1) is 9.84. The van der Waals surface area contributed by atoms with Crippen LogP contribution in [0.2, 0.25) is 0 Å². The molecule has 0 radical (unpaired) electrons. The van der Waals surface area contributed by atoms with E-state index in [9.17, 15) is 0 Å². The van der Waals surface area contributed by atoms with Crippen LogP contribution in [0.25, 0.3) is 11.0 Å². The van der Waals surface area contributed by atoms with Gasteiger partial charge < -0.3 is 4.74 Å². The number of fused-ring (bicyclic) bond motifs is 1. The molecule has 3 rings (SSSR count). The number of hydrogen-bond donors (Lipinski definition) is 0. The third-order valence-corrected chi connectivity index (χ3v) is 3.29. The summed E-state index contributed by atoms with van der Waals surface area (Å²) >= 11 is 0. The summed E-state index contributed by atoms with van der Waals surface area (Å²) in [5, 5.41) is 8.31. The largest absolute Gasteiger partial charge is 0.493 e. The number of benzene rings is 2. The van der Waals surface area contributed by atoms with Crippen molar-refractivity contribution in [3.63, 3.8) is 0 Å². The molecule has 5 heteroatoms. The molecular weight excluding hydrogens is 286 g/mol. The summed E-state index contributed by atoms with van der Waals surface area (Å²) in [5.41, 5.74) is 3.18. The van der Waals surface area contributed by atoms with Crippen LogP contribution in [0.3, 0.4) is 0 Å². The zero-order valence-corrected chi connectivity index (χ0v) is 12.7. The van der Waals surface area contributed by atoms with Gasteiger partial charge in [0.2, 0.25) is 0 Å². The number of hydrogen-bond acceptors (Lipinski definition) is 3. The van der Waals surface area contributed by atoms with E-state index in [-0.39, 0.29) is 12.4 Å². The van der Waals surface area contributed by atoms with Gasteiger partial charge in [-0.2, -0.15) is 0 Å². The van der Waals surface area contributed by atoms with Gasteiger partial charge in [-0.15, -0.1) is 17.5 Å². The molecule has 21 heavy (non-hydrogen) atoms. The van der Waals surface area contributed by atoms with Crippen molar-refractivity contribution in [2.75, 3.05) is 6.61 Å². The second-order valence-corrected chi connectivity index (χ2v) is 4.77. The molecule has 0 atom stereocenters. The highest BCUT2D eigenvalue weighted by Gasteiger charge is 2.03. The maximum atomic E-state index is 5.79. The van der Waals surface area contributed by atoms with Crippen molar-refractivity contribution in [1.82, 2.24) is 15.0 Å². The molecule has 0 bridgehead atoms. The number of ether oxygens (including phenoxy) is 1. The predicted octanol–water partition coefficient (Wildman–Crippen LogP) is 3.63. The van der Waals surface area contributed by atoms with Gasteiger partial charge in [-0.05, 0) is 30.7 Å². The standard InChI is InChI=1S/C16H17N3O.ClH/c1-13-7-2-5-10-16(13)20-12-6-11-19-15-9-4-3-8-14(15)17-18-19;/h2-5,7-10H,6,11-12H2,1H3;1H. The second-order valence-electron chi connectivity index (χ2n) is 4.77. The Kier molecular flexibility index (Phi) is 5.17. The van der Waals surface area contributed by atoms with Crippen LogP contribution in [0.1, 0.15) is 12.0 Å². The Labute approximate surface area is 130 Å². The fourth-order valence-corrected chi connectivity index (χ4v) is 2.20. The van der Waals surface area contributed by atoms with E-state index >= 15 is 0 Å². The Morgan fingerprint density at radius 3 is 2.67 bits per heavy atom. The van der Waals surface area contributed by atoms with Crippen LogP contribution < -0.4 is 4.74 Å². The molecule has 0 N–H and O–H groups in total. The first-order valence-electron chi connectivity index (χ1n) is 6.81. The molecule has 1 aromatic heterocycles. The molecule has 3 aromatic rings. The van der Waals surface area contributed by atoms with Gasteiger partial charge in [-0.25, -0.2) is 4.68 Å². The highest BCUT2D eigenvalue weighted by Crippen LogP contribution is 2.16. The van der Waals surface area contributed by atoms with Gasteiger partial charge in [0.15, 0.2) is 0 Å². The maximum Gasteiger partial charge on any atom is 0.122 e. The fourth-order valence-electron chi connectivity index (χ4n) is 2.20. The molecule has 0 fully saturated rings. The number of aryl methyl sites for hydroxylation is 2. The van der Waals surface area contributed by atoms with Crippen molar-refractivity contribution in [3.05, 3.63) is 54.1 Å². The zero-order valence-electron chi connectivity index (χ0n) is 11.9. The van der Waals surface area contributed by atoms with Crippen molar-refractivity contribution in [3.8, 4) is 5.75 Å². The first-order valence-corrected chi connectivity index (χ1v) is 6.81. The third-order valence-electron chi connectivity index (χ3n) is 3.29. The Bertz CT molecular complexity index is 711. The zero-order chi connectivity index (χ0) is 13.8. The van der Waals surface area contributed by atoms with Gasteiger partial charge in [0.05, 0.1) is 12.1 Å². The van der Waals surface area contributed by atoms with Gasteiger partial charge in [-0.3, -0.25) is 0 Å². The van der Waals surface area contributed by atoms with E-state index in [0.29, 0.717) is 6.61 Å². The Morgan fingerprint density at radius 2 is 1.81 bits per heavy atom. The van der Waals surface area contributed by atoms with Crippen LogP contribution in [0.4, 0.5) is 0 Å². The minimum absolute atomic E-state index is 0. The number of rotatable bonds is 5. The lowest BCUT2D eigenvalue weighted by molar-refractivity contribution is 0.297. The van der Waals surface area contributed by atoms with E-state index in [1.54, 1.807) is 0 Å². The van der Waals surface area contributed by atoms with E-state index in [0.717, 1.165) is 29.7 Å². The lowest BCUT2D eigenvalue weighted by Crippen LogP contribution is -2.06. The lowest BCUT2D eigenvalue weighted by atomic mass is 10.2. The van der Waals surface area contributed by atoms with Crippen LogP contribution in [0.5, 0.6) is 5.75 Å². The summed E-state index contributed by atoms with van der Waals surface area (Å²) in [7, 11) is 0. The molecule has 0 saturated carbocycles. The molecule has 0 aliphatic carbocycles. The molecule has 0 aliphatic rings. The molecule has 0 amide bonds. The molecule has 4 nitrogen and oxygen atoms in total. The summed E-state index contributed by atoms with van der Waals surface area (Å²) in [6.07, 6.45) is 0.904. The SMILES string of the molecule is Cc1ccccc1OCCCn1nnc2ccccc21.Cl. The van der Waals surface area contributed by atoms with Crippen LogP contribution >= 0.6 is 12.4 Å². The molecule has 0 aliphatic heterocycles. The van der Waals surface area contributed by atoms with Crippen LogP contribution in [-0.2, 0) is 6.54 Å². The minimum Gasteiger partial charge on any atom is -0.493 e. The van der Waals surface area contributed by atoms with E-state index < -0.39 is 0 Å². The predicted molar refractivity (Wildman–Crippen MR) is 86.1 cm³/mol. The molecule has 0 unspecified atom stereocenters. The number of aromatic nitrogens is 3. The van der Waals surface area contributed by atoms with Crippen molar-refractivity contribution in [1.29, 1.82) is 0 Å². The van der Waals surface area contributed by atoms with Gasteiger partial charge in [0.25, 0.3) is 0 Å². The molecule has 0 spiro atoms. The van der Waals surface area contributed by atoms with E-state index in [1.807, 2.05) is 47.1 Å². The average molecular weight is 304 g/mol. The van der Waals surface area contributed by atoms with Crippen molar-refractivity contribution < 1.29 is 4.74 Å². The van der Waals surface area contributed by atoms with Gasteiger partial charge in [0.1, 0.15) is 11.3 Å². The molecule has 110 valence electrons.